The number of hydrogen-bond acceptors (Lipinski definition) is 7. The van der Waals surface area contributed by atoms with Crippen molar-refractivity contribution in [2.45, 2.75) is 66.9 Å². The number of carbonyl (C=O) groups excluding carboxylic acids is 2. The number of nitrogens with zero attached hydrogens (tertiary/aromatic N) is 1. The number of methoxy groups -OCH3 is 1. The zero-order chi connectivity index (χ0) is 23.0. The highest BCUT2D eigenvalue weighted by Gasteiger charge is 2.12. The number of esters is 1. The van der Waals surface area contributed by atoms with Crippen LogP contribution in [0.5, 0.6) is 11.5 Å². The molecular formula is C21H38N2O6. The number of rotatable bonds is 8. The maximum atomic E-state index is 10.8. The average Bonchev–Trinajstić information content (AvgIpc) is 2.67. The molecule has 0 radical (unpaired) electrons. The predicted octanol–water partition coefficient (Wildman–Crippen LogP) is 3.29. The molecule has 4 N–H and O–H groups in total. The first-order chi connectivity index (χ1) is 13.5. The molecule has 0 bridgehead atoms. The minimum Gasteiger partial charge on any atom is -0.503 e. The van der Waals surface area contributed by atoms with Gasteiger partial charge in [-0.05, 0) is 31.6 Å². The minimum absolute atomic E-state index is 0.0832. The van der Waals surface area contributed by atoms with Crippen LogP contribution in [0.4, 0.5) is 0 Å². The fraction of sp³-hybridized carbons (Fsp3) is 0.667. The molecule has 1 heterocycles. The third-order valence-corrected chi connectivity index (χ3v) is 3.48. The molecule has 1 aromatic rings. The van der Waals surface area contributed by atoms with Crippen molar-refractivity contribution >= 4 is 11.9 Å². The van der Waals surface area contributed by atoms with E-state index in [-0.39, 0.29) is 29.3 Å². The predicted molar refractivity (Wildman–Crippen MR) is 113 cm³/mol. The first-order valence-electron chi connectivity index (χ1n) is 9.81. The largest absolute Gasteiger partial charge is 0.503 e. The molecule has 1 rings (SSSR count). The summed E-state index contributed by atoms with van der Waals surface area (Å²) in [6, 6.07) is 1.43. The number of primary amides is 1. The van der Waals surface area contributed by atoms with Crippen LogP contribution >= 0.6 is 0 Å². The molecule has 8 nitrogen and oxygen atoms in total. The Labute approximate surface area is 174 Å². The third-order valence-electron chi connectivity index (χ3n) is 3.48. The monoisotopic (exact) mass is 414 g/mol. The topological polar surface area (TPSA) is 132 Å². The minimum atomic E-state index is -0.786. The molecule has 168 valence electrons. The Bertz CT molecular complexity index is 591. The van der Waals surface area contributed by atoms with Crippen LogP contribution in [0.25, 0.3) is 0 Å². The van der Waals surface area contributed by atoms with Crippen molar-refractivity contribution in [3.05, 3.63) is 18.0 Å². The zero-order valence-electron chi connectivity index (χ0n) is 18.8. The normalized spacial score (nSPS) is 11.0. The van der Waals surface area contributed by atoms with Crippen LogP contribution in [0.15, 0.2) is 12.3 Å². The van der Waals surface area contributed by atoms with Crippen LogP contribution in [-0.4, -0.2) is 46.9 Å². The summed E-state index contributed by atoms with van der Waals surface area (Å²) in [7, 11) is 1.37. The van der Waals surface area contributed by atoms with Crippen molar-refractivity contribution in [1.29, 1.82) is 0 Å². The van der Waals surface area contributed by atoms with Crippen LogP contribution < -0.4 is 10.5 Å². The number of nitrogens with two attached hydrogens (primary N) is 1. The molecule has 0 saturated carbocycles. The second kappa shape index (κ2) is 16.6. The standard InChI is InChI=1S/C10H20O2.C7H8N2O3.C4H10O/c1-5-10(11)12-9(4)7-6-8(2)3;1-12-4-2-3-9-5(6(4)10)7(8)11;1-4(2)3-5/h8-9H,5-7H2,1-4H3;2-3,10H,1H3,(H2,8,11);4-5H,3H2,1-2H3. The van der Waals surface area contributed by atoms with Crippen molar-refractivity contribution in [2.24, 2.45) is 17.6 Å². The van der Waals surface area contributed by atoms with E-state index in [1.807, 2.05) is 27.7 Å². The number of ether oxygens (including phenoxy) is 2. The van der Waals surface area contributed by atoms with Crippen LogP contribution in [-0.2, 0) is 9.53 Å². The van der Waals surface area contributed by atoms with Crippen molar-refractivity contribution in [3.8, 4) is 11.5 Å². The Kier molecular flexibility index (Phi) is 16.5. The Hall–Kier alpha value is -2.35. The van der Waals surface area contributed by atoms with Gasteiger partial charge in [0.05, 0.1) is 13.2 Å². The summed E-state index contributed by atoms with van der Waals surface area (Å²) >= 11 is 0. The fourth-order valence-corrected chi connectivity index (χ4v) is 1.72. The molecule has 0 aromatic carbocycles. The lowest BCUT2D eigenvalue weighted by Gasteiger charge is -2.13. The van der Waals surface area contributed by atoms with Gasteiger partial charge in [0.2, 0.25) is 0 Å². The first kappa shape index (κ1) is 28.9. The molecule has 0 saturated heterocycles. The molecule has 0 spiro atoms. The molecule has 0 aliphatic heterocycles. The number of hydrogen-bond donors (Lipinski definition) is 3. The van der Waals surface area contributed by atoms with Gasteiger partial charge in [0.15, 0.2) is 17.2 Å². The molecule has 1 amide bonds. The maximum Gasteiger partial charge on any atom is 0.305 e. The van der Waals surface area contributed by atoms with Crippen molar-refractivity contribution in [2.75, 3.05) is 13.7 Å². The third kappa shape index (κ3) is 15.3. The summed E-state index contributed by atoms with van der Waals surface area (Å²) in [5, 5.41) is 17.4. The summed E-state index contributed by atoms with van der Waals surface area (Å²) in [5.74, 6) is 0.103. The SMILES string of the molecule is CC(C)CO.CCC(=O)OC(C)CCC(C)C.COc1ccnc(C(N)=O)c1O. The van der Waals surface area contributed by atoms with Gasteiger partial charge in [0.25, 0.3) is 5.91 Å². The van der Waals surface area contributed by atoms with E-state index in [4.69, 9.17) is 20.3 Å². The molecule has 0 fully saturated rings. The van der Waals surface area contributed by atoms with Gasteiger partial charge in [0, 0.05) is 25.3 Å². The summed E-state index contributed by atoms with van der Waals surface area (Å²) in [6.07, 6.45) is 3.99. The Morgan fingerprint density at radius 1 is 1.14 bits per heavy atom. The van der Waals surface area contributed by atoms with Gasteiger partial charge in [-0.2, -0.15) is 0 Å². The van der Waals surface area contributed by atoms with Crippen molar-refractivity contribution in [3.63, 3.8) is 0 Å². The Balaban J connectivity index is 0. The van der Waals surface area contributed by atoms with E-state index in [0.717, 1.165) is 12.8 Å². The van der Waals surface area contributed by atoms with Crippen LogP contribution in [0.2, 0.25) is 0 Å². The molecule has 29 heavy (non-hydrogen) atoms. The van der Waals surface area contributed by atoms with Gasteiger partial charge in [-0.1, -0.05) is 34.6 Å². The second-order valence-electron chi connectivity index (χ2n) is 7.28. The van der Waals surface area contributed by atoms with Gasteiger partial charge in [0.1, 0.15) is 0 Å². The first-order valence-corrected chi connectivity index (χ1v) is 9.81. The van der Waals surface area contributed by atoms with Gasteiger partial charge in [-0.3, -0.25) is 9.59 Å². The van der Waals surface area contributed by atoms with E-state index in [1.54, 1.807) is 0 Å². The Morgan fingerprint density at radius 2 is 1.69 bits per heavy atom. The lowest BCUT2D eigenvalue weighted by atomic mass is 10.1. The zero-order valence-corrected chi connectivity index (χ0v) is 18.8. The van der Waals surface area contributed by atoms with Crippen LogP contribution in [0.3, 0.4) is 0 Å². The molecule has 0 aliphatic rings. The summed E-state index contributed by atoms with van der Waals surface area (Å²) < 4.78 is 9.85. The second-order valence-corrected chi connectivity index (χ2v) is 7.28. The number of carbonyl (C=O) groups is 2. The lowest BCUT2D eigenvalue weighted by molar-refractivity contribution is -0.148. The molecule has 0 aliphatic carbocycles. The number of aromatic hydroxyl groups is 1. The number of aliphatic hydroxyl groups excluding tert-OH is 1. The van der Waals surface area contributed by atoms with E-state index in [1.165, 1.54) is 19.4 Å². The smallest absolute Gasteiger partial charge is 0.305 e. The summed E-state index contributed by atoms with van der Waals surface area (Å²) in [4.78, 5) is 25.1. The highest BCUT2D eigenvalue weighted by Crippen LogP contribution is 2.26. The molecular weight excluding hydrogens is 376 g/mol. The van der Waals surface area contributed by atoms with E-state index in [2.05, 4.69) is 18.8 Å². The quantitative estimate of drug-likeness (QED) is 0.556. The van der Waals surface area contributed by atoms with E-state index in [9.17, 15) is 14.7 Å². The number of aromatic nitrogens is 1. The van der Waals surface area contributed by atoms with Gasteiger partial charge >= 0.3 is 5.97 Å². The van der Waals surface area contributed by atoms with Crippen LogP contribution in [0, 0.1) is 11.8 Å². The van der Waals surface area contributed by atoms with E-state index >= 15 is 0 Å². The average molecular weight is 415 g/mol. The molecule has 1 atom stereocenters. The summed E-state index contributed by atoms with van der Waals surface area (Å²) in [5.41, 5.74) is 4.74. The maximum absolute atomic E-state index is 10.8. The molecule has 1 aromatic heterocycles. The highest BCUT2D eigenvalue weighted by atomic mass is 16.5. The van der Waals surface area contributed by atoms with Gasteiger partial charge in [-0.25, -0.2) is 4.98 Å². The lowest BCUT2D eigenvalue weighted by Crippen LogP contribution is -2.14. The van der Waals surface area contributed by atoms with Gasteiger partial charge in [-0.15, -0.1) is 0 Å². The van der Waals surface area contributed by atoms with E-state index in [0.29, 0.717) is 24.9 Å². The number of amides is 1. The number of pyridine rings is 1. The molecule has 1 unspecified atom stereocenters. The highest BCUT2D eigenvalue weighted by molar-refractivity contribution is 5.94. The number of aliphatic hydroxyl groups is 1. The van der Waals surface area contributed by atoms with E-state index < -0.39 is 5.91 Å². The molecule has 8 heteroatoms. The van der Waals surface area contributed by atoms with Gasteiger partial charge < -0.3 is 25.4 Å². The van der Waals surface area contributed by atoms with Crippen LogP contribution in [0.1, 0.15) is 71.3 Å². The Morgan fingerprint density at radius 3 is 2.07 bits per heavy atom. The van der Waals surface area contributed by atoms with Crippen molar-refractivity contribution < 1.29 is 29.3 Å². The fourth-order valence-electron chi connectivity index (χ4n) is 1.72. The van der Waals surface area contributed by atoms with Crippen molar-refractivity contribution in [1.82, 2.24) is 4.98 Å². The summed E-state index contributed by atoms with van der Waals surface area (Å²) in [6.45, 7) is 12.4.